The van der Waals surface area contributed by atoms with Gasteiger partial charge in [-0.15, -0.1) is 11.3 Å². The predicted octanol–water partition coefficient (Wildman–Crippen LogP) is 22.6. The van der Waals surface area contributed by atoms with Gasteiger partial charge in [-0.1, -0.05) is 220 Å². The Bertz CT molecular complexity index is 4480. The number of fused-ring (bicyclic) bond motifs is 11. The van der Waals surface area contributed by atoms with Crippen molar-refractivity contribution >= 4 is 106 Å². The smallest absolute Gasteiger partial charge is 0.333 e. The molecule has 436 valence electrons. The maximum atomic E-state index is 2.79. The lowest BCUT2D eigenvalue weighted by molar-refractivity contribution is 0.332. The SMILES string of the molecule is CC(C)(C)c1ccc(N2B3c4ccc(N(c5ccc(C(C)(C)C)cc5)c5ccc(C(C)(C)C)cc5)cc4N(c4ccc(C(C)(C)C)cc4-c4ccccc4)c4cc5ccccc5c(c43)-c3ccc4sc5cc6c(cc5c4c32)C(C)(C)CCC6(C)C)cc1. The fourth-order valence-corrected chi connectivity index (χ4v) is 15.7. The zero-order valence-corrected chi connectivity index (χ0v) is 55.0. The van der Waals surface area contributed by atoms with E-state index in [-0.39, 0.29) is 39.3 Å². The molecular weight excluding hydrogens is 1070 g/mol. The lowest BCUT2D eigenvalue weighted by Crippen LogP contribution is -2.61. The van der Waals surface area contributed by atoms with Crippen LogP contribution in [0.25, 0.3) is 53.2 Å². The van der Waals surface area contributed by atoms with Crippen molar-refractivity contribution in [2.75, 3.05) is 14.6 Å². The Kier molecular flexibility index (Phi) is 13.0. The lowest BCUT2D eigenvalue weighted by atomic mass is 9.43. The Morgan fingerprint density at radius 2 is 0.977 bits per heavy atom. The molecule has 14 rings (SSSR count). The molecule has 0 spiro atoms. The number of benzene rings is 10. The van der Waals surface area contributed by atoms with Gasteiger partial charge in [0.15, 0.2) is 0 Å². The topological polar surface area (TPSA) is 9.72 Å². The molecule has 5 heteroatoms. The third kappa shape index (κ3) is 9.43. The predicted molar refractivity (Wildman–Crippen MR) is 381 cm³/mol. The van der Waals surface area contributed by atoms with Crippen LogP contribution in [-0.2, 0) is 32.5 Å². The van der Waals surface area contributed by atoms with Crippen LogP contribution in [0, 0.1) is 0 Å². The first-order chi connectivity index (χ1) is 41.2. The van der Waals surface area contributed by atoms with Crippen LogP contribution in [-0.4, -0.2) is 6.85 Å². The molecule has 0 N–H and O–H groups in total. The van der Waals surface area contributed by atoms with Crippen molar-refractivity contribution in [3.63, 3.8) is 0 Å². The standard InChI is InChI=1S/C82H84BN3S/c1-77(2,3)53-26-33-57(34-27-53)84(58-35-28-54(29-36-58)78(4,5)6)60-39-41-67-69(48-60)85(68-42-32-56(80(10,11)12)47-63(68)51-22-18-17-19-23-51)70-46-52-24-20-21-25-61(52)73-62-40-43-71-74(64-49-65-66(50-72(64)87-71)82(15,16)45-44-81(65,13)14)76(62)86(83(67)75(70)73)59-37-30-55(31-38-59)79(7,8)9/h17-43,46-50H,44-45H2,1-16H3. The summed E-state index contributed by atoms with van der Waals surface area (Å²) >= 11 is 1.97. The second kappa shape index (κ2) is 19.8. The second-order valence-electron chi connectivity index (χ2n) is 30.9. The van der Waals surface area contributed by atoms with Crippen LogP contribution in [0.15, 0.2) is 194 Å². The Morgan fingerprint density at radius 3 is 1.57 bits per heavy atom. The molecule has 3 aliphatic rings. The van der Waals surface area contributed by atoms with Crippen molar-refractivity contribution in [3.05, 3.63) is 228 Å². The molecule has 0 saturated carbocycles. The first-order valence-electron chi connectivity index (χ1n) is 31.8. The first-order valence-corrected chi connectivity index (χ1v) is 32.6. The minimum absolute atomic E-state index is 0.00476. The molecule has 0 bridgehead atoms. The van der Waals surface area contributed by atoms with Crippen LogP contribution < -0.4 is 25.5 Å². The Hall–Kier alpha value is -7.86. The van der Waals surface area contributed by atoms with Gasteiger partial charge in [-0.25, -0.2) is 0 Å². The number of rotatable bonds is 6. The van der Waals surface area contributed by atoms with Gasteiger partial charge in [0.25, 0.3) is 0 Å². The highest BCUT2D eigenvalue weighted by Crippen LogP contribution is 2.57. The zero-order chi connectivity index (χ0) is 61.1. The fraction of sp³-hybridized carbons (Fsp3) is 0.293. The van der Waals surface area contributed by atoms with Gasteiger partial charge in [0, 0.05) is 71.1 Å². The summed E-state index contributed by atoms with van der Waals surface area (Å²) in [5.41, 5.74) is 25.2. The van der Waals surface area contributed by atoms with Crippen molar-refractivity contribution in [1.82, 2.24) is 0 Å². The van der Waals surface area contributed by atoms with Gasteiger partial charge < -0.3 is 14.6 Å². The van der Waals surface area contributed by atoms with Gasteiger partial charge in [0.2, 0.25) is 0 Å². The Balaban J connectivity index is 1.13. The van der Waals surface area contributed by atoms with Crippen LogP contribution in [0.4, 0.5) is 45.5 Å². The van der Waals surface area contributed by atoms with Gasteiger partial charge >= 0.3 is 6.85 Å². The van der Waals surface area contributed by atoms with Crippen molar-refractivity contribution in [3.8, 4) is 22.3 Å². The van der Waals surface area contributed by atoms with Gasteiger partial charge in [-0.3, -0.25) is 0 Å². The van der Waals surface area contributed by atoms with Crippen molar-refractivity contribution in [2.45, 2.75) is 156 Å². The number of thiophene rings is 1. The monoisotopic (exact) mass is 1150 g/mol. The van der Waals surface area contributed by atoms with Crippen LogP contribution in [0.3, 0.4) is 0 Å². The molecule has 10 aromatic carbocycles. The summed E-state index contributed by atoms with van der Waals surface area (Å²) in [5, 5.41) is 5.22. The molecule has 1 aliphatic carbocycles. The summed E-state index contributed by atoms with van der Waals surface area (Å²) in [6.45, 7) is 37.5. The Labute approximate surface area is 522 Å². The number of nitrogens with zero attached hydrogens (tertiary/aromatic N) is 3. The molecule has 3 nitrogen and oxygen atoms in total. The molecule has 2 aliphatic heterocycles. The molecule has 1 aromatic heterocycles. The molecule has 0 atom stereocenters. The molecule has 0 radical (unpaired) electrons. The minimum atomic E-state index is -0.221. The first kappa shape index (κ1) is 56.9. The van der Waals surface area contributed by atoms with Crippen molar-refractivity contribution < 1.29 is 0 Å². The van der Waals surface area contributed by atoms with Crippen LogP contribution >= 0.6 is 11.3 Å². The lowest BCUT2D eigenvalue weighted by Gasteiger charge is -2.47. The van der Waals surface area contributed by atoms with E-state index in [1.54, 1.807) is 0 Å². The van der Waals surface area contributed by atoms with Crippen LogP contribution in [0.2, 0.25) is 0 Å². The molecular formula is C82H84BN3S. The molecule has 3 heterocycles. The van der Waals surface area contributed by atoms with Gasteiger partial charge in [-0.2, -0.15) is 0 Å². The van der Waals surface area contributed by atoms with Crippen LogP contribution in [0.1, 0.15) is 157 Å². The summed E-state index contributed by atoms with van der Waals surface area (Å²) in [4.78, 5) is 7.94. The number of hydrogen-bond acceptors (Lipinski definition) is 4. The van der Waals surface area contributed by atoms with E-state index in [0.717, 1.165) is 34.9 Å². The zero-order valence-electron chi connectivity index (χ0n) is 54.2. The molecule has 11 aromatic rings. The maximum Gasteiger partial charge on any atom is 0.333 e. The molecule has 0 fully saturated rings. The van der Waals surface area contributed by atoms with Crippen molar-refractivity contribution in [2.24, 2.45) is 0 Å². The maximum absolute atomic E-state index is 2.79. The van der Waals surface area contributed by atoms with Gasteiger partial charge in [0.05, 0.1) is 5.69 Å². The fourth-order valence-electron chi connectivity index (χ4n) is 14.6. The van der Waals surface area contributed by atoms with Gasteiger partial charge in [0.1, 0.15) is 0 Å². The molecule has 0 saturated heterocycles. The quantitative estimate of drug-likeness (QED) is 0.154. The normalized spacial score (nSPS) is 15.4. The Morgan fingerprint density at radius 1 is 0.437 bits per heavy atom. The summed E-state index contributed by atoms with van der Waals surface area (Å²) in [5.74, 6) is 0. The highest BCUT2D eigenvalue weighted by atomic mass is 32.1. The van der Waals surface area contributed by atoms with E-state index in [9.17, 15) is 0 Å². The summed E-state index contributed by atoms with van der Waals surface area (Å²) in [6.07, 6.45) is 2.35. The van der Waals surface area contributed by atoms with E-state index in [2.05, 4.69) is 320 Å². The molecule has 0 amide bonds. The highest BCUT2D eigenvalue weighted by molar-refractivity contribution is 7.26. The van der Waals surface area contributed by atoms with E-state index < -0.39 is 0 Å². The summed E-state index contributed by atoms with van der Waals surface area (Å²) < 4.78 is 2.69. The van der Waals surface area contributed by atoms with E-state index in [4.69, 9.17) is 0 Å². The molecule has 87 heavy (non-hydrogen) atoms. The third-order valence-electron chi connectivity index (χ3n) is 19.9. The summed E-state index contributed by atoms with van der Waals surface area (Å²) in [6, 6.07) is 76.1. The van der Waals surface area contributed by atoms with E-state index in [1.807, 2.05) is 11.3 Å². The highest BCUT2D eigenvalue weighted by Gasteiger charge is 2.48. The third-order valence-corrected chi connectivity index (χ3v) is 21.0. The van der Waals surface area contributed by atoms with E-state index >= 15 is 0 Å². The number of hydrogen-bond donors (Lipinski definition) is 0. The van der Waals surface area contributed by atoms with Crippen LogP contribution in [0.5, 0.6) is 0 Å². The minimum Gasteiger partial charge on any atom is -0.376 e. The van der Waals surface area contributed by atoms with Gasteiger partial charge in [-0.05, 0) is 196 Å². The average molecular weight is 1150 g/mol. The molecule has 0 unspecified atom stereocenters. The van der Waals surface area contributed by atoms with E-state index in [0.29, 0.717) is 0 Å². The number of anilines is 8. The average Bonchev–Trinajstić information content (AvgIpc) is 1.66. The summed E-state index contributed by atoms with van der Waals surface area (Å²) in [7, 11) is 0. The van der Waals surface area contributed by atoms with E-state index in [1.165, 1.54) is 121 Å². The van der Waals surface area contributed by atoms with Crippen molar-refractivity contribution in [1.29, 1.82) is 0 Å². The second-order valence-corrected chi connectivity index (χ2v) is 32.0. The largest absolute Gasteiger partial charge is 0.376 e.